The van der Waals surface area contributed by atoms with Crippen LogP contribution in [-0.2, 0) is 9.47 Å². The van der Waals surface area contributed by atoms with Gasteiger partial charge in [0.15, 0.2) is 19.7 Å². The molecule has 13 heavy (non-hydrogen) atoms. The first-order valence-electron chi connectivity index (χ1n) is 4.85. The Morgan fingerprint density at radius 2 is 2.23 bits per heavy atom. The van der Waals surface area contributed by atoms with Crippen molar-refractivity contribution < 1.29 is 19.1 Å². The summed E-state index contributed by atoms with van der Waals surface area (Å²) in [7, 11) is 1.66. The predicted molar refractivity (Wildman–Crippen MR) is 48.7 cm³/mol. The molecule has 2 atom stereocenters. The molecule has 0 aromatic rings. The fraction of sp³-hybridized carbons (Fsp3) is 1.00. The highest BCUT2D eigenvalue weighted by atomic mass is 16.5. The molecule has 1 fully saturated rings. The Balaban J connectivity index is 2.51. The van der Waals surface area contributed by atoms with E-state index in [2.05, 4.69) is 0 Å². The van der Waals surface area contributed by atoms with Crippen LogP contribution < -0.4 is 0 Å². The molecule has 0 amide bonds. The molecule has 1 rings (SSSR count). The number of methoxy groups -OCH3 is 1. The molecule has 0 aromatic carbocycles. The van der Waals surface area contributed by atoms with E-state index in [0.717, 1.165) is 19.4 Å². The smallest absolute Gasteiger partial charge is 0.194 e. The lowest BCUT2D eigenvalue weighted by Crippen LogP contribution is -2.54. The van der Waals surface area contributed by atoms with Gasteiger partial charge in [-0.3, -0.25) is 4.48 Å². The minimum Gasteiger partial charge on any atom is -0.345 e. The van der Waals surface area contributed by atoms with Crippen molar-refractivity contribution >= 4 is 0 Å². The summed E-state index contributed by atoms with van der Waals surface area (Å²) in [4.78, 5) is 0. The minimum absolute atomic E-state index is 0.313. The van der Waals surface area contributed by atoms with Crippen LogP contribution >= 0.6 is 0 Å². The molecule has 78 valence electrons. The maximum absolute atomic E-state index is 9.81. The normalized spacial score (nSPS) is 33.9. The molecule has 0 bridgehead atoms. The summed E-state index contributed by atoms with van der Waals surface area (Å²) in [5, 5.41) is 9.81. The number of ether oxygens (including phenoxy) is 2. The molecule has 1 N–H and O–H groups in total. The van der Waals surface area contributed by atoms with Crippen molar-refractivity contribution in [2.45, 2.75) is 26.0 Å². The first-order chi connectivity index (χ1) is 6.25. The van der Waals surface area contributed by atoms with Gasteiger partial charge in [-0.15, -0.1) is 0 Å². The Morgan fingerprint density at radius 3 is 2.69 bits per heavy atom. The molecule has 0 radical (unpaired) electrons. The highest BCUT2D eigenvalue weighted by molar-refractivity contribution is 4.55. The second-order valence-electron chi connectivity index (χ2n) is 3.60. The summed E-state index contributed by atoms with van der Waals surface area (Å²) >= 11 is 0. The van der Waals surface area contributed by atoms with Crippen LogP contribution in [0.2, 0.25) is 0 Å². The third-order valence-corrected chi connectivity index (χ3v) is 2.64. The predicted octanol–water partition coefficient (Wildman–Crippen LogP) is 0.513. The summed E-state index contributed by atoms with van der Waals surface area (Å²) in [6, 6.07) is 0. The van der Waals surface area contributed by atoms with Crippen molar-refractivity contribution in [3.63, 3.8) is 0 Å². The van der Waals surface area contributed by atoms with E-state index in [1.807, 2.05) is 6.92 Å². The van der Waals surface area contributed by atoms with Gasteiger partial charge in [0.2, 0.25) is 0 Å². The van der Waals surface area contributed by atoms with Gasteiger partial charge in [0.05, 0.1) is 6.54 Å². The van der Waals surface area contributed by atoms with E-state index >= 15 is 0 Å². The zero-order valence-electron chi connectivity index (χ0n) is 8.53. The van der Waals surface area contributed by atoms with Crippen LogP contribution in [0, 0.1) is 0 Å². The van der Waals surface area contributed by atoms with Gasteiger partial charge in [-0.05, 0) is 6.92 Å². The molecule has 1 saturated heterocycles. The van der Waals surface area contributed by atoms with Crippen LogP contribution in [0.25, 0.3) is 0 Å². The number of hydrogen-bond donors (Lipinski definition) is 1. The monoisotopic (exact) mass is 190 g/mol. The molecule has 2 unspecified atom stereocenters. The molecule has 0 saturated carbocycles. The van der Waals surface area contributed by atoms with Gasteiger partial charge in [-0.25, -0.2) is 0 Å². The fourth-order valence-electron chi connectivity index (χ4n) is 1.88. The van der Waals surface area contributed by atoms with Crippen molar-refractivity contribution in [2.75, 3.05) is 33.7 Å². The zero-order chi connectivity index (χ0) is 9.73. The van der Waals surface area contributed by atoms with Gasteiger partial charge in [0.25, 0.3) is 0 Å². The van der Waals surface area contributed by atoms with Crippen molar-refractivity contribution in [2.24, 2.45) is 0 Å². The highest BCUT2D eigenvalue weighted by Gasteiger charge is 2.40. The summed E-state index contributed by atoms with van der Waals surface area (Å²) in [5.41, 5.74) is 0. The van der Waals surface area contributed by atoms with E-state index in [1.165, 1.54) is 0 Å². The van der Waals surface area contributed by atoms with Crippen LogP contribution in [0.3, 0.4) is 0 Å². The first-order valence-corrected chi connectivity index (χ1v) is 4.85. The number of likely N-dealkylation sites (tertiary alicyclic amines) is 1. The topological polar surface area (TPSA) is 38.7 Å². The van der Waals surface area contributed by atoms with Crippen LogP contribution in [0.5, 0.6) is 0 Å². The molecule has 4 heteroatoms. The second-order valence-corrected chi connectivity index (χ2v) is 3.60. The number of aliphatic hydroxyl groups excluding tert-OH is 1. The second kappa shape index (κ2) is 4.91. The molecular formula is C9H20NO3+. The van der Waals surface area contributed by atoms with E-state index in [0.29, 0.717) is 24.6 Å². The van der Waals surface area contributed by atoms with Gasteiger partial charge in [-0.1, -0.05) is 0 Å². The van der Waals surface area contributed by atoms with Crippen LogP contribution in [0.1, 0.15) is 19.8 Å². The maximum Gasteiger partial charge on any atom is 0.194 e. The molecule has 1 aliphatic heterocycles. The van der Waals surface area contributed by atoms with Crippen molar-refractivity contribution in [1.29, 1.82) is 0 Å². The molecule has 4 nitrogen and oxygen atoms in total. The summed E-state index contributed by atoms with van der Waals surface area (Å²) in [5.74, 6) is 0. The van der Waals surface area contributed by atoms with Crippen molar-refractivity contribution in [3.8, 4) is 0 Å². The Kier molecular flexibility index (Phi) is 4.12. The van der Waals surface area contributed by atoms with E-state index in [9.17, 15) is 5.11 Å². The molecule has 1 heterocycles. The van der Waals surface area contributed by atoms with Gasteiger partial charge < -0.3 is 14.6 Å². The zero-order valence-corrected chi connectivity index (χ0v) is 8.53. The van der Waals surface area contributed by atoms with Crippen molar-refractivity contribution in [3.05, 3.63) is 0 Å². The average molecular weight is 190 g/mol. The largest absolute Gasteiger partial charge is 0.345 e. The SMILES string of the molecule is CCOC[N+]1(COC)CCCC1O. The molecular weight excluding hydrogens is 170 g/mol. The number of quaternary nitrogens is 1. The minimum atomic E-state index is -0.313. The lowest BCUT2D eigenvalue weighted by Gasteiger charge is -2.35. The van der Waals surface area contributed by atoms with E-state index in [-0.39, 0.29) is 6.23 Å². The molecule has 0 aliphatic carbocycles. The number of nitrogens with zero attached hydrogens (tertiary/aromatic N) is 1. The quantitative estimate of drug-likeness (QED) is 0.642. The van der Waals surface area contributed by atoms with Crippen LogP contribution in [0.4, 0.5) is 0 Å². The average Bonchev–Trinajstić information content (AvgIpc) is 2.46. The fourth-order valence-corrected chi connectivity index (χ4v) is 1.88. The van der Waals surface area contributed by atoms with Gasteiger partial charge in [0, 0.05) is 26.6 Å². The van der Waals surface area contributed by atoms with Crippen molar-refractivity contribution in [1.82, 2.24) is 0 Å². The number of rotatable bonds is 5. The third kappa shape index (κ3) is 2.40. The summed E-state index contributed by atoms with van der Waals surface area (Å²) in [6.07, 6.45) is 1.60. The lowest BCUT2D eigenvalue weighted by atomic mass is 10.4. The van der Waals surface area contributed by atoms with E-state index < -0.39 is 0 Å². The van der Waals surface area contributed by atoms with Crippen LogP contribution in [-0.4, -0.2) is 49.5 Å². The Bertz CT molecular complexity index is 154. The summed E-state index contributed by atoms with van der Waals surface area (Å²) in [6.45, 7) is 4.71. The summed E-state index contributed by atoms with van der Waals surface area (Å²) < 4.78 is 11.1. The molecule has 0 spiro atoms. The molecule has 0 aromatic heterocycles. The highest BCUT2D eigenvalue weighted by Crippen LogP contribution is 2.24. The standard InChI is InChI=1S/C9H20NO3/c1-3-13-8-10(7-12-2)6-4-5-9(10)11/h9,11H,3-8H2,1-2H3/q+1. The van der Waals surface area contributed by atoms with E-state index in [1.54, 1.807) is 7.11 Å². The van der Waals surface area contributed by atoms with Gasteiger partial charge in [0.1, 0.15) is 0 Å². The number of aliphatic hydroxyl groups is 1. The number of hydrogen-bond acceptors (Lipinski definition) is 3. The Morgan fingerprint density at radius 1 is 1.46 bits per heavy atom. The van der Waals surface area contributed by atoms with Gasteiger partial charge >= 0.3 is 0 Å². The van der Waals surface area contributed by atoms with Gasteiger partial charge in [-0.2, -0.15) is 0 Å². The lowest BCUT2D eigenvalue weighted by molar-refractivity contribution is -0.990. The molecule has 1 aliphatic rings. The Labute approximate surface area is 79.6 Å². The van der Waals surface area contributed by atoms with E-state index in [4.69, 9.17) is 9.47 Å². The third-order valence-electron chi connectivity index (χ3n) is 2.64. The van der Waals surface area contributed by atoms with Crippen LogP contribution in [0.15, 0.2) is 0 Å². The maximum atomic E-state index is 9.81. The Hall–Kier alpha value is -0.160. The first kappa shape index (κ1) is 10.9.